The van der Waals surface area contributed by atoms with E-state index < -0.39 is 0 Å². The first-order valence-corrected chi connectivity index (χ1v) is 8.13. The number of anilines is 1. The predicted molar refractivity (Wildman–Crippen MR) is 95.2 cm³/mol. The minimum Gasteiger partial charge on any atom is -0.497 e. The van der Waals surface area contributed by atoms with Gasteiger partial charge in [0.25, 0.3) is 5.91 Å². The second kappa shape index (κ2) is 6.14. The van der Waals surface area contributed by atoms with Crippen molar-refractivity contribution < 1.29 is 9.53 Å². The number of methoxy groups -OCH3 is 1. The molecule has 1 aliphatic heterocycles. The van der Waals surface area contributed by atoms with E-state index in [9.17, 15) is 4.79 Å². The molecule has 8 nitrogen and oxygen atoms in total. The second-order valence-corrected chi connectivity index (χ2v) is 6.13. The fraction of sp³-hybridized carbons (Fsp3) is 0.222. The quantitative estimate of drug-likeness (QED) is 0.771. The van der Waals surface area contributed by atoms with E-state index in [0.29, 0.717) is 18.8 Å². The van der Waals surface area contributed by atoms with Crippen molar-refractivity contribution in [3.05, 3.63) is 53.5 Å². The van der Waals surface area contributed by atoms with E-state index in [4.69, 9.17) is 10.5 Å². The Balaban J connectivity index is 1.61. The molecule has 0 spiro atoms. The number of nitrogen functional groups attached to an aromatic ring is 1. The summed E-state index contributed by atoms with van der Waals surface area (Å²) in [6, 6.07) is 9.38. The third-order valence-corrected chi connectivity index (χ3v) is 4.43. The number of fused-ring (bicyclic) bond motifs is 1. The van der Waals surface area contributed by atoms with Crippen molar-refractivity contribution in [3.8, 4) is 17.0 Å². The zero-order valence-corrected chi connectivity index (χ0v) is 14.5. The highest BCUT2D eigenvalue weighted by Crippen LogP contribution is 2.26. The molecule has 0 unspecified atom stereocenters. The van der Waals surface area contributed by atoms with Crippen molar-refractivity contribution in [1.82, 2.24) is 24.6 Å². The van der Waals surface area contributed by atoms with Crippen LogP contribution in [0.2, 0.25) is 0 Å². The molecule has 1 aromatic carbocycles. The molecule has 0 saturated heterocycles. The van der Waals surface area contributed by atoms with Crippen LogP contribution in [0, 0.1) is 0 Å². The van der Waals surface area contributed by atoms with Crippen molar-refractivity contribution in [3.63, 3.8) is 0 Å². The zero-order valence-electron chi connectivity index (χ0n) is 14.5. The molecular weight excluding hydrogens is 332 g/mol. The van der Waals surface area contributed by atoms with Crippen LogP contribution in [-0.4, -0.2) is 37.7 Å². The average Bonchev–Trinajstić information content (AvgIpc) is 3.24. The molecular formula is C18H18N6O2. The fourth-order valence-corrected chi connectivity index (χ4v) is 3.07. The summed E-state index contributed by atoms with van der Waals surface area (Å²) in [6.45, 7) is 0.884. The van der Waals surface area contributed by atoms with Crippen LogP contribution in [0.15, 0.2) is 36.5 Å². The van der Waals surface area contributed by atoms with E-state index in [0.717, 1.165) is 28.3 Å². The summed E-state index contributed by atoms with van der Waals surface area (Å²) < 4.78 is 6.85. The molecule has 0 saturated carbocycles. The highest BCUT2D eigenvalue weighted by Gasteiger charge is 2.28. The number of nitrogens with two attached hydrogens (primary N) is 1. The van der Waals surface area contributed by atoms with Gasteiger partial charge in [0.2, 0.25) is 5.95 Å². The lowest BCUT2D eigenvalue weighted by atomic mass is 10.1. The summed E-state index contributed by atoms with van der Waals surface area (Å²) in [7, 11) is 3.38. The van der Waals surface area contributed by atoms with Gasteiger partial charge in [-0.05, 0) is 18.2 Å². The lowest BCUT2D eigenvalue weighted by Gasteiger charge is -2.14. The number of ether oxygens (including phenoxy) is 1. The van der Waals surface area contributed by atoms with Gasteiger partial charge < -0.3 is 15.4 Å². The third kappa shape index (κ3) is 2.75. The molecule has 0 fully saturated rings. The number of aromatic nitrogens is 4. The maximum Gasteiger partial charge on any atom is 0.272 e. The van der Waals surface area contributed by atoms with Crippen LogP contribution in [0.1, 0.15) is 21.7 Å². The van der Waals surface area contributed by atoms with Crippen LogP contribution in [0.5, 0.6) is 5.75 Å². The van der Waals surface area contributed by atoms with Crippen molar-refractivity contribution in [1.29, 1.82) is 0 Å². The van der Waals surface area contributed by atoms with Crippen LogP contribution in [0.25, 0.3) is 11.3 Å². The van der Waals surface area contributed by atoms with Crippen LogP contribution < -0.4 is 10.5 Å². The average molecular weight is 350 g/mol. The summed E-state index contributed by atoms with van der Waals surface area (Å²) in [5.74, 6) is 0.858. The van der Waals surface area contributed by atoms with Crippen LogP contribution in [0.4, 0.5) is 5.95 Å². The molecule has 4 rings (SSSR count). The number of carbonyl (C=O) groups excluding carboxylic acids is 1. The van der Waals surface area contributed by atoms with Gasteiger partial charge in [-0.15, -0.1) is 0 Å². The maximum absolute atomic E-state index is 12.9. The summed E-state index contributed by atoms with van der Waals surface area (Å²) in [5.41, 5.74) is 9.46. The standard InChI is InChI=1S/C18H18N6O2/c1-23-16(7-14(22-23)11-4-3-5-13(6-11)26-2)17(25)24-9-12-8-20-18(19)21-15(12)10-24/h3-8H,9-10H2,1-2H3,(H2,19,20,21). The van der Waals surface area contributed by atoms with Gasteiger partial charge in [0.05, 0.1) is 25.0 Å². The van der Waals surface area contributed by atoms with Gasteiger partial charge in [-0.2, -0.15) is 5.10 Å². The number of amides is 1. The van der Waals surface area contributed by atoms with E-state index in [2.05, 4.69) is 15.1 Å². The van der Waals surface area contributed by atoms with Gasteiger partial charge in [-0.25, -0.2) is 9.97 Å². The Bertz CT molecular complexity index is 997. The van der Waals surface area contributed by atoms with Gasteiger partial charge in [0.1, 0.15) is 11.4 Å². The number of carbonyl (C=O) groups is 1. The summed E-state index contributed by atoms with van der Waals surface area (Å²) in [6.07, 6.45) is 1.68. The number of nitrogens with zero attached hydrogens (tertiary/aromatic N) is 5. The maximum atomic E-state index is 12.9. The Morgan fingerprint density at radius 3 is 2.92 bits per heavy atom. The molecule has 0 atom stereocenters. The molecule has 26 heavy (non-hydrogen) atoms. The number of hydrogen-bond acceptors (Lipinski definition) is 6. The molecule has 0 bridgehead atoms. The first kappa shape index (κ1) is 16.1. The van der Waals surface area contributed by atoms with Crippen molar-refractivity contribution >= 4 is 11.9 Å². The van der Waals surface area contributed by atoms with E-state index in [-0.39, 0.29) is 11.9 Å². The highest BCUT2D eigenvalue weighted by molar-refractivity contribution is 5.94. The molecule has 3 aromatic rings. The number of hydrogen-bond donors (Lipinski definition) is 1. The van der Waals surface area contributed by atoms with Gasteiger partial charge in [-0.1, -0.05) is 12.1 Å². The smallest absolute Gasteiger partial charge is 0.272 e. The lowest BCUT2D eigenvalue weighted by Crippen LogP contribution is -2.27. The van der Waals surface area contributed by atoms with Crippen LogP contribution in [-0.2, 0) is 20.1 Å². The minimum absolute atomic E-state index is 0.106. The molecule has 1 aliphatic rings. The first-order valence-electron chi connectivity index (χ1n) is 8.13. The van der Waals surface area contributed by atoms with Crippen molar-refractivity contribution in [2.75, 3.05) is 12.8 Å². The second-order valence-electron chi connectivity index (χ2n) is 6.13. The Hall–Kier alpha value is -3.42. The van der Waals surface area contributed by atoms with E-state index in [1.54, 1.807) is 36.0 Å². The van der Waals surface area contributed by atoms with Gasteiger partial charge in [-0.3, -0.25) is 9.48 Å². The number of aryl methyl sites for hydroxylation is 1. The summed E-state index contributed by atoms with van der Waals surface area (Å²) >= 11 is 0. The lowest BCUT2D eigenvalue weighted by molar-refractivity contribution is 0.0739. The zero-order chi connectivity index (χ0) is 18.3. The Kier molecular flexibility index (Phi) is 3.80. The fourth-order valence-electron chi connectivity index (χ4n) is 3.07. The first-order chi connectivity index (χ1) is 12.5. The minimum atomic E-state index is -0.106. The molecule has 1 amide bonds. The highest BCUT2D eigenvalue weighted by atomic mass is 16.5. The van der Waals surface area contributed by atoms with E-state index >= 15 is 0 Å². The molecule has 8 heteroatoms. The topological polar surface area (TPSA) is 99.2 Å². The largest absolute Gasteiger partial charge is 0.497 e. The van der Waals surface area contributed by atoms with E-state index in [1.807, 2.05) is 24.3 Å². The van der Waals surface area contributed by atoms with Crippen molar-refractivity contribution in [2.24, 2.45) is 7.05 Å². The summed E-state index contributed by atoms with van der Waals surface area (Å²) in [5, 5.41) is 4.48. The van der Waals surface area contributed by atoms with Crippen LogP contribution >= 0.6 is 0 Å². The molecule has 132 valence electrons. The SMILES string of the molecule is COc1cccc(-c2cc(C(=O)N3Cc4cnc(N)nc4C3)n(C)n2)c1. The normalized spacial score (nSPS) is 12.9. The van der Waals surface area contributed by atoms with Crippen molar-refractivity contribution in [2.45, 2.75) is 13.1 Å². The Morgan fingerprint density at radius 1 is 1.27 bits per heavy atom. The molecule has 3 heterocycles. The molecule has 0 aliphatic carbocycles. The number of benzene rings is 1. The van der Waals surface area contributed by atoms with Gasteiger partial charge in [0.15, 0.2) is 0 Å². The van der Waals surface area contributed by atoms with E-state index in [1.165, 1.54) is 0 Å². The molecule has 0 radical (unpaired) electrons. The Morgan fingerprint density at radius 2 is 2.12 bits per heavy atom. The summed E-state index contributed by atoms with van der Waals surface area (Å²) in [4.78, 5) is 22.9. The Labute approximate surface area is 150 Å². The molecule has 2 aromatic heterocycles. The molecule has 2 N–H and O–H groups in total. The monoisotopic (exact) mass is 350 g/mol. The van der Waals surface area contributed by atoms with Crippen LogP contribution in [0.3, 0.4) is 0 Å². The number of rotatable bonds is 3. The predicted octanol–water partition coefficient (Wildman–Crippen LogP) is 1.62. The third-order valence-electron chi connectivity index (χ3n) is 4.43. The van der Waals surface area contributed by atoms with Gasteiger partial charge >= 0.3 is 0 Å². The van der Waals surface area contributed by atoms with Gasteiger partial charge in [0, 0.05) is 30.9 Å².